The summed E-state index contributed by atoms with van der Waals surface area (Å²) in [5.41, 5.74) is 6.33. The number of carbonyl (C=O) groups excluding carboxylic acids is 1. The van der Waals surface area contributed by atoms with Crippen molar-refractivity contribution in [2.75, 3.05) is 23.6 Å². The highest BCUT2D eigenvalue weighted by atomic mass is 79.9. The molecule has 5 rings (SSSR count). The predicted molar refractivity (Wildman–Crippen MR) is 159 cm³/mol. The van der Waals surface area contributed by atoms with Crippen LogP contribution in [-0.4, -0.2) is 48.4 Å². The molecular formula is C22H17BrCl2F2N6OS4. The van der Waals surface area contributed by atoms with E-state index in [2.05, 4.69) is 36.2 Å². The SMILES string of the molecule is CSc1ccc(-c2cn3nc(Cl)sc3n2)c(F)c1.CSc1ccc(C(=O)CBr)c(F)c1.Nc1nnc(Cl)s1. The molecule has 0 unspecified atom stereocenters. The van der Waals surface area contributed by atoms with Crippen LogP contribution in [0.5, 0.6) is 0 Å². The van der Waals surface area contributed by atoms with Crippen molar-refractivity contribution in [3.8, 4) is 11.3 Å². The zero-order valence-corrected chi connectivity index (χ0v) is 25.9. The van der Waals surface area contributed by atoms with Gasteiger partial charge in [-0.2, -0.15) is 0 Å². The van der Waals surface area contributed by atoms with E-state index >= 15 is 0 Å². The molecule has 0 spiro atoms. The van der Waals surface area contributed by atoms with E-state index in [0.717, 1.165) is 21.1 Å². The van der Waals surface area contributed by atoms with Gasteiger partial charge in [-0.05, 0) is 72.1 Å². The molecule has 0 amide bonds. The summed E-state index contributed by atoms with van der Waals surface area (Å²) in [6.45, 7) is 0. The number of rotatable bonds is 5. The molecule has 0 radical (unpaired) electrons. The molecule has 16 heteroatoms. The molecule has 0 saturated heterocycles. The zero-order chi connectivity index (χ0) is 27.8. The van der Waals surface area contributed by atoms with Crippen molar-refractivity contribution in [2.24, 2.45) is 0 Å². The lowest BCUT2D eigenvalue weighted by atomic mass is 10.1. The summed E-state index contributed by atoms with van der Waals surface area (Å²) in [6.07, 6.45) is 5.45. The summed E-state index contributed by atoms with van der Waals surface area (Å²) in [5.74, 6) is -0.958. The Morgan fingerprint density at radius 2 is 1.68 bits per heavy atom. The van der Waals surface area contributed by atoms with Gasteiger partial charge in [0.25, 0.3) is 0 Å². The Morgan fingerprint density at radius 3 is 2.16 bits per heavy atom. The van der Waals surface area contributed by atoms with Gasteiger partial charge < -0.3 is 5.73 Å². The van der Waals surface area contributed by atoms with E-state index in [-0.39, 0.29) is 22.5 Å². The molecule has 3 heterocycles. The third-order valence-electron chi connectivity index (χ3n) is 4.48. The van der Waals surface area contributed by atoms with Crippen LogP contribution in [-0.2, 0) is 0 Å². The number of hydrogen-bond donors (Lipinski definition) is 1. The Labute approximate surface area is 251 Å². The van der Waals surface area contributed by atoms with Crippen molar-refractivity contribution in [3.63, 3.8) is 0 Å². The van der Waals surface area contributed by atoms with E-state index in [1.165, 1.54) is 53.1 Å². The summed E-state index contributed by atoms with van der Waals surface area (Å²) in [5, 5.41) is 11.5. The number of hydrogen-bond acceptors (Lipinski definition) is 10. The van der Waals surface area contributed by atoms with Gasteiger partial charge >= 0.3 is 0 Å². The van der Waals surface area contributed by atoms with Crippen LogP contribution in [0, 0.1) is 11.6 Å². The number of fused-ring (bicyclic) bond motifs is 1. The van der Waals surface area contributed by atoms with Crippen LogP contribution < -0.4 is 5.73 Å². The van der Waals surface area contributed by atoms with Gasteiger partial charge in [0.15, 0.2) is 5.78 Å². The monoisotopic (exact) mass is 696 g/mol. The topological polar surface area (TPSA) is 99.1 Å². The molecule has 0 bridgehead atoms. The molecule has 0 fully saturated rings. The third-order valence-corrected chi connectivity index (χ3v) is 8.31. The molecule has 7 nitrogen and oxygen atoms in total. The second kappa shape index (κ2) is 14.5. The van der Waals surface area contributed by atoms with Gasteiger partial charge in [0.2, 0.25) is 19.0 Å². The van der Waals surface area contributed by atoms with Crippen molar-refractivity contribution in [2.45, 2.75) is 9.79 Å². The van der Waals surface area contributed by atoms with Crippen molar-refractivity contribution >= 4 is 101 Å². The molecule has 38 heavy (non-hydrogen) atoms. The summed E-state index contributed by atoms with van der Waals surface area (Å²) in [4.78, 5) is 17.8. The number of imidazole rings is 1. The number of carbonyl (C=O) groups is 1. The fourth-order valence-electron chi connectivity index (χ4n) is 2.77. The summed E-state index contributed by atoms with van der Waals surface area (Å²) < 4.78 is 29.5. The maximum Gasteiger partial charge on any atom is 0.213 e. The lowest BCUT2D eigenvalue weighted by molar-refractivity contribution is 0.102. The number of nitrogen functional groups attached to an aromatic ring is 1. The van der Waals surface area contributed by atoms with Crippen molar-refractivity contribution in [1.29, 1.82) is 0 Å². The van der Waals surface area contributed by atoms with Gasteiger partial charge in [-0.25, -0.2) is 18.3 Å². The van der Waals surface area contributed by atoms with E-state index in [0.29, 0.717) is 30.3 Å². The molecule has 0 aliphatic carbocycles. The van der Waals surface area contributed by atoms with E-state index in [1.54, 1.807) is 22.8 Å². The van der Waals surface area contributed by atoms with E-state index in [1.807, 2.05) is 18.6 Å². The molecule has 0 atom stereocenters. The minimum Gasteiger partial charge on any atom is -0.374 e. The Balaban J connectivity index is 0.000000175. The van der Waals surface area contributed by atoms with Crippen molar-refractivity contribution in [3.05, 3.63) is 68.7 Å². The average molecular weight is 698 g/mol. The molecule has 0 saturated carbocycles. The van der Waals surface area contributed by atoms with Gasteiger partial charge in [-0.3, -0.25) is 4.79 Å². The number of halogens is 5. The number of nitrogens with two attached hydrogens (primary N) is 1. The summed E-state index contributed by atoms with van der Waals surface area (Å²) in [6, 6.07) is 9.74. The molecule has 0 aliphatic heterocycles. The number of benzene rings is 2. The van der Waals surface area contributed by atoms with Crippen LogP contribution in [0.25, 0.3) is 16.2 Å². The molecule has 3 aromatic heterocycles. The second-order valence-corrected chi connectivity index (χ2v) is 12.3. The molecule has 200 valence electrons. The number of anilines is 1. The Bertz CT molecular complexity index is 1500. The summed E-state index contributed by atoms with van der Waals surface area (Å²) >= 11 is 19.5. The molecule has 5 aromatic rings. The minimum atomic E-state index is -0.448. The van der Waals surface area contributed by atoms with Gasteiger partial charge in [-0.15, -0.1) is 38.8 Å². The van der Waals surface area contributed by atoms with Crippen LogP contribution in [0.3, 0.4) is 0 Å². The predicted octanol–water partition coefficient (Wildman–Crippen LogP) is 7.87. The number of thioether (sulfide) groups is 2. The molecule has 2 aromatic carbocycles. The smallest absolute Gasteiger partial charge is 0.213 e. The van der Waals surface area contributed by atoms with Crippen molar-refractivity contribution in [1.82, 2.24) is 24.8 Å². The van der Waals surface area contributed by atoms with E-state index in [9.17, 15) is 13.6 Å². The third kappa shape index (κ3) is 8.34. The van der Waals surface area contributed by atoms with Gasteiger partial charge in [-0.1, -0.05) is 38.6 Å². The number of alkyl halides is 1. The van der Waals surface area contributed by atoms with Crippen LogP contribution >= 0.6 is 85.3 Å². The lowest BCUT2D eigenvalue weighted by Gasteiger charge is -2.01. The fraction of sp³-hybridized carbons (Fsp3) is 0.136. The highest BCUT2D eigenvalue weighted by molar-refractivity contribution is 9.09. The van der Waals surface area contributed by atoms with E-state index < -0.39 is 5.82 Å². The number of Topliss-reactive ketones (excluding diaryl/α,β-unsaturated/α-hetero) is 1. The standard InChI is InChI=1S/C11H7ClFN3S2.C9H8BrFOS.C2H2ClN3S/c1-17-6-2-3-7(8(13)4-6)9-5-16-11(14-9)18-10(12)15-16;1-13-6-2-3-7(8(11)4-6)9(12)5-10;3-1-5-6-2(4)7-1/h2-5H,1H3;2-4H,5H2,1H3;(H2,4,6). The summed E-state index contributed by atoms with van der Waals surface area (Å²) in [7, 11) is 0. The van der Waals surface area contributed by atoms with Crippen LogP contribution in [0.1, 0.15) is 10.4 Å². The fourth-order valence-corrected chi connectivity index (χ4v) is 5.44. The van der Waals surface area contributed by atoms with Crippen molar-refractivity contribution < 1.29 is 13.6 Å². The van der Waals surface area contributed by atoms with Gasteiger partial charge in [0, 0.05) is 15.4 Å². The van der Waals surface area contributed by atoms with E-state index in [4.69, 9.17) is 28.9 Å². The van der Waals surface area contributed by atoms with Crippen LogP contribution in [0.2, 0.25) is 8.93 Å². The molecular weight excluding hydrogens is 681 g/mol. The number of ketones is 1. The second-order valence-electron chi connectivity index (χ2n) is 6.85. The first-order valence-corrected chi connectivity index (χ1v) is 16.1. The largest absolute Gasteiger partial charge is 0.374 e. The highest BCUT2D eigenvalue weighted by Gasteiger charge is 2.13. The molecule has 2 N–H and O–H groups in total. The number of aromatic nitrogens is 5. The zero-order valence-electron chi connectivity index (χ0n) is 19.5. The minimum absolute atomic E-state index is 0.148. The Morgan fingerprint density at radius 1 is 1.03 bits per heavy atom. The first kappa shape index (κ1) is 30.7. The van der Waals surface area contributed by atoms with Gasteiger partial charge in [0.1, 0.15) is 11.6 Å². The first-order valence-electron chi connectivity index (χ1n) is 10.2. The first-order chi connectivity index (χ1) is 18.1. The average Bonchev–Trinajstić information content (AvgIpc) is 3.57. The lowest BCUT2D eigenvalue weighted by Crippen LogP contribution is -2.02. The van der Waals surface area contributed by atoms with Crippen LogP contribution in [0.15, 0.2) is 52.4 Å². The number of nitrogens with zero attached hydrogens (tertiary/aromatic N) is 5. The normalized spacial score (nSPS) is 10.5. The maximum absolute atomic E-state index is 13.9. The Kier molecular flexibility index (Phi) is 11.8. The maximum atomic E-state index is 13.9. The molecule has 0 aliphatic rings. The van der Waals surface area contributed by atoms with Gasteiger partial charge in [0.05, 0.1) is 22.8 Å². The van der Waals surface area contributed by atoms with Crippen LogP contribution in [0.4, 0.5) is 13.9 Å². The Hall–Kier alpha value is -1.81. The quantitative estimate of drug-likeness (QED) is 0.113. The highest BCUT2D eigenvalue weighted by Crippen LogP contribution is 2.28.